The molecular weight excluding hydrogens is 430 g/mol. The number of benzene rings is 4. The molecule has 0 saturated heterocycles. The first-order valence-electron chi connectivity index (χ1n) is 10.2. The summed E-state index contributed by atoms with van der Waals surface area (Å²) >= 11 is 3.63. The van der Waals surface area contributed by atoms with Gasteiger partial charge in [0.15, 0.2) is 0 Å². The highest BCUT2D eigenvalue weighted by Crippen LogP contribution is 2.37. The highest BCUT2D eigenvalue weighted by atomic mass is 79.9. The Morgan fingerprint density at radius 2 is 1.13 bits per heavy atom. The molecule has 0 saturated carbocycles. The van der Waals surface area contributed by atoms with Crippen LogP contribution in [0.15, 0.2) is 108 Å². The van der Waals surface area contributed by atoms with E-state index < -0.39 is 0 Å². The molecule has 2 heteroatoms. The van der Waals surface area contributed by atoms with Gasteiger partial charge in [-0.2, -0.15) is 0 Å². The van der Waals surface area contributed by atoms with Gasteiger partial charge in [-0.15, -0.1) is 0 Å². The zero-order chi connectivity index (χ0) is 21.1. The van der Waals surface area contributed by atoms with Gasteiger partial charge in [0, 0.05) is 21.5 Å². The summed E-state index contributed by atoms with van der Waals surface area (Å²) in [5, 5.41) is 0. The van der Waals surface area contributed by atoms with Gasteiger partial charge in [0.25, 0.3) is 0 Å². The van der Waals surface area contributed by atoms with Gasteiger partial charge in [-0.25, -0.2) is 0 Å². The van der Waals surface area contributed by atoms with Crippen LogP contribution in [-0.2, 0) is 5.41 Å². The molecule has 0 fully saturated rings. The van der Waals surface area contributed by atoms with Gasteiger partial charge in [-0.3, -0.25) is 0 Å². The van der Waals surface area contributed by atoms with E-state index in [0.717, 1.165) is 21.5 Å². The molecule has 0 spiro atoms. The summed E-state index contributed by atoms with van der Waals surface area (Å²) in [7, 11) is 0. The number of rotatable bonds is 4. The standard InChI is InChI=1S/C28H26BrN/c1-28(2,3)23-14-18-26(19-15-23)30(27-11-7-10-24(29)20-27)25-16-12-22(13-17-25)21-8-5-4-6-9-21/h4-20H,1-3H3. The maximum atomic E-state index is 3.63. The molecule has 0 atom stereocenters. The first-order chi connectivity index (χ1) is 14.4. The van der Waals surface area contributed by atoms with Gasteiger partial charge in [0.1, 0.15) is 0 Å². The molecule has 0 N–H and O–H groups in total. The normalized spacial score (nSPS) is 11.3. The van der Waals surface area contributed by atoms with E-state index in [1.165, 1.54) is 16.7 Å². The Morgan fingerprint density at radius 1 is 0.567 bits per heavy atom. The van der Waals surface area contributed by atoms with E-state index in [1.807, 2.05) is 6.07 Å². The van der Waals surface area contributed by atoms with Gasteiger partial charge in [-0.1, -0.05) is 97.4 Å². The smallest absolute Gasteiger partial charge is 0.0472 e. The molecule has 4 rings (SSSR count). The highest BCUT2D eigenvalue weighted by molar-refractivity contribution is 9.10. The SMILES string of the molecule is CC(C)(C)c1ccc(N(c2ccc(-c3ccccc3)cc2)c2cccc(Br)c2)cc1. The van der Waals surface area contributed by atoms with Crippen molar-refractivity contribution in [1.82, 2.24) is 0 Å². The summed E-state index contributed by atoms with van der Waals surface area (Å²) in [4.78, 5) is 2.30. The minimum Gasteiger partial charge on any atom is -0.310 e. The number of nitrogens with zero attached hydrogens (tertiary/aromatic N) is 1. The van der Waals surface area contributed by atoms with Crippen LogP contribution < -0.4 is 4.90 Å². The summed E-state index contributed by atoms with van der Waals surface area (Å²) in [5.41, 5.74) is 7.32. The van der Waals surface area contributed by atoms with Crippen molar-refractivity contribution in [1.29, 1.82) is 0 Å². The first kappa shape index (κ1) is 20.4. The molecule has 0 aliphatic carbocycles. The van der Waals surface area contributed by atoms with Crippen LogP contribution in [0, 0.1) is 0 Å². The summed E-state index contributed by atoms with van der Waals surface area (Å²) in [6, 6.07) is 36.6. The lowest BCUT2D eigenvalue weighted by Gasteiger charge is -2.27. The Kier molecular flexibility index (Phi) is 5.78. The summed E-state index contributed by atoms with van der Waals surface area (Å²) < 4.78 is 1.07. The molecule has 30 heavy (non-hydrogen) atoms. The quantitative estimate of drug-likeness (QED) is 0.296. The van der Waals surface area contributed by atoms with E-state index in [0.29, 0.717) is 0 Å². The predicted molar refractivity (Wildman–Crippen MR) is 133 cm³/mol. The lowest BCUT2D eigenvalue weighted by Crippen LogP contribution is -2.13. The van der Waals surface area contributed by atoms with Crippen LogP contribution in [0.1, 0.15) is 26.3 Å². The van der Waals surface area contributed by atoms with Crippen molar-refractivity contribution >= 4 is 33.0 Å². The number of hydrogen-bond donors (Lipinski definition) is 0. The maximum Gasteiger partial charge on any atom is 0.0472 e. The molecule has 0 aliphatic heterocycles. The van der Waals surface area contributed by atoms with Crippen LogP contribution in [0.2, 0.25) is 0 Å². The van der Waals surface area contributed by atoms with E-state index in [4.69, 9.17) is 0 Å². The first-order valence-corrected chi connectivity index (χ1v) is 11.0. The molecule has 4 aromatic rings. The third-order valence-electron chi connectivity index (χ3n) is 5.29. The number of hydrogen-bond acceptors (Lipinski definition) is 1. The molecule has 0 aliphatic rings. The molecule has 0 bridgehead atoms. The Balaban J connectivity index is 1.76. The zero-order valence-corrected chi connectivity index (χ0v) is 19.2. The second kappa shape index (κ2) is 8.49. The van der Waals surface area contributed by atoms with Crippen molar-refractivity contribution in [3.63, 3.8) is 0 Å². The van der Waals surface area contributed by atoms with Gasteiger partial charge in [0.05, 0.1) is 0 Å². The molecular formula is C28H26BrN. The fourth-order valence-electron chi connectivity index (χ4n) is 3.61. The van der Waals surface area contributed by atoms with Crippen LogP contribution in [0.3, 0.4) is 0 Å². The highest BCUT2D eigenvalue weighted by Gasteiger charge is 2.16. The fourth-order valence-corrected chi connectivity index (χ4v) is 3.99. The van der Waals surface area contributed by atoms with Crippen molar-refractivity contribution in [3.05, 3.63) is 113 Å². The van der Waals surface area contributed by atoms with Crippen molar-refractivity contribution in [2.45, 2.75) is 26.2 Å². The third kappa shape index (κ3) is 4.49. The lowest BCUT2D eigenvalue weighted by atomic mass is 9.87. The third-order valence-corrected chi connectivity index (χ3v) is 5.78. The summed E-state index contributed by atoms with van der Waals surface area (Å²) in [6.07, 6.45) is 0. The van der Waals surface area contributed by atoms with Crippen LogP contribution in [-0.4, -0.2) is 0 Å². The molecule has 0 aromatic heterocycles. The van der Waals surface area contributed by atoms with Gasteiger partial charge < -0.3 is 4.90 Å². The van der Waals surface area contributed by atoms with Crippen molar-refractivity contribution in [3.8, 4) is 11.1 Å². The van der Waals surface area contributed by atoms with Crippen LogP contribution in [0.5, 0.6) is 0 Å². The molecule has 0 amide bonds. The lowest BCUT2D eigenvalue weighted by molar-refractivity contribution is 0.590. The second-order valence-corrected chi connectivity index (χ2v) is 9.44. The molecule has 1 nitrogen and oxygen atoms in total. The maximum absolute atomic E-state index is 3.63. The summed E-state index contributed by atoms with van der Waals surface area (Å²) in [5.74, 6) is 0. The van der Waals surface area contributed by atoms with Crippen molar-refractivity contribution in [2.75, 3.05) is 4.90 Å². The fraction of sp³-hybridized carbons (Fsp3) is 0.143. The van der Waals surface area contributed by atoms with E-state index in [-0.39, 0.29) is 5.41 Å². The Bertz CT molecular complexity index is 1110. The van der Waals surface area contributed by atoms with E-state index in [1.54, 1.807) is 0 Å². The zero-order valence-electron chi connectivity index (χ0n) is 17.6. The molecule has 150 valence electrons. The van der Waals surface area contributed by atoms with E-state index >= 15 is 0 Å². The molecule has 0 unspecified atom stereocenters. The van der Waals surface area contributed by atoms with Gasteiger partial charge in [0.2, 0.25) is 0 Å². The largest absolute Gasteiger partial charge is 0.310 e. The van der Waals surface area contributed by atoms with Crippen LogP contribution in [0.25, 0.3) is 11.1 Å². The minimum absolute atomic E-state index is 0.135. The Labute approximate surface area is 188 Å². The van der Waals surface area contributed by atoms with Crippen LogP contribution >= 0.6 is 15.9 Å². The van der Waals surface area contributed by atoms with Crippen molar-refractivity contribution in [2.24, 2.45) is 0 Å². The topological polar surface area (TPSA) is 3.24 Å². The predicted octanol–water partition coefficient (Wildman–Crippen LogP) is 8.88. The number of halogens is 1. The second-order valence-electron chi connectivity index (χ2n) is 8.53. The van der Waals surface area contributed by atoms with E-state index in [9.17, 15) is 0 Å². The van der Waals surface area contributed by atoms with Crippen molar-refractivity contribution < 1.29 is 0 Å². The summed E-state index contributed by atoms with van der Waals surface area (Å²) in [6.45, 7) is 6.74. The molecule has 0 radical (unpaired) electrons. The van der Waals surface area contributed by atoms with Gasteiger partial charge >= 0.3 is 0 Å². The Hall–Kier alpha value is -2.84. The van der Waals surface area contributed by atoms with E-state index in [2.05, 4.69) is 139 Å². The minimum atomic E-state index is 0.135. The molecule has 4 aromatic carbocycles. The van der Waals surface area contributed by atoms with Crippen LogP contribution in [0.4, 0.5) is 17.1 Å². The average Bonchev–Trinajstić information content (AvgIpc) is 2.75. The number of anilines is 3. The van der Waals surface area contributed by atoms with Gasteiger partial charge in [-0.05, 0) is 64.6 Å². The molecule has 0 heterocycles. The monoisotopic (exact) mass is 455 g/mol. The Morgan fingerprint density at radius 3 is 1.70 bits per heavy atom. The average molecular weight is 456 g/mol.